The molecule has 7 heteroatoms. The number of nitrogens with zero attached hydrogens (tertiary/aromatic N) is 1. The molecule has 92 valence electrons. The second kappa shape index (κ2) is 4.31. The molecule has 0 saturated heterocycles. The third-order valence-corrected chi connectivity index (χ3v) is 2.49. The Balaban J connectivity index is 2.55. The molecule has 0 unspecified atom stereocenters. The first-order valence-electron chi connectivity index (χ1n) is 4.84. The normalized spacial score (nSPS) is 24.0. The smallest absolute Gasteiger partial charge is 0.406 e. The molecule has 1 amide bonds. The van der Waals surface area contributed by atoms with E-state index in [1.54, 1.807) is 0 Å². The highest BCUT2D eigenvalue weighted by Crippen LogP contribution is 2.40. The molecule has 0 aromatic rings. The number of halogens is 3. The maximum atomic E-state index is 12.1. The van der Waals surface area contributed by atoms with Gasteiger partial charge in [-0.1, -0.05) is 0 Å². The summed E-state index contributed by atoms with van der Waals surface area (Å²) in [6.45, 7) is 0.0498. The molecule has 0 aliphatic heterocycles. The van der Waals surface area contributed by atoms with Crippen LogP contribution in [0.5, 0.6) is 0 Å². The van der Waals surface area contributed by atoms with Gasteiger partial charge < -0.3 is 10.0 Å². The number of carbonyl (C=O) groups is 2. The van der Waals surface area contributed by atoms with E-state index in [9.17, 15) is 22.8 Å². The van der Waals surface area contributed by atoms with Crippen LogP contribution >= 0.6 is 0 Å². The number of carboxylic acids is 1. The SMILES string of the molecule is CCN(CC(F)(F)F)C(=O)[C@@H]1C[C@@H]1C(=O)O. The highest BCUT2D eigenvalue weighted by molar-refractivity contribution is 5.89. The van der Waals surface area contributed by atoms with Gasteiger partial charge in [-0.3, -0.25) is 9.59 Å². The maximum absolute atomic E-state index is 12.1. The lowest BCUT2D eigenvalue weighted by Crippen LogP contribution is -2.40. The number of carboxylic acid groups (broad SMARTS) is 1. The highest BCUT2D eigenvalue weighted by Gasteiger charge is 2.50. The number of carbonyl (C=O) groups excluding carboxylic acids is 1. The van der Waals surface area contributed by atoms with Crippen LogP contribution in [0.4, 0.5) is 13.2 Å². The number of rotatable bonds is 4. The second-order valence-electron chi connectivity index (χ2n) is 3.75. The molecule has 0 heterocycles. The van der Waals surface area contributed by atoms with Gasteiger partial charge in [0.05, 0.1) is 11.8 Å². The van der Waals surface area contributed by atoms with Crippen molar-refractivity contribution >= 4 is 11.9 Å². The zero-order chi connectivity index (χ0) is 12.5. The molecule has 1 saturated carbocycles. The summed E-state index contributed by atoms with van der Waals surface area (Å²) in [5, 5.41) is 8.57. The number of alkyl halides is 3. The average molecular weight is 239 g/mol. The monoisotopic (exact) mass is 239 g/mol. The van der Waals surface area contributed by atoms with E-state index in [2.05, 4.69) is 0 Å². The molecule has 0 aromatic carbocycles. The molecule has 16 heavy (non-hydrogen) atoms. The molecule has 4 nitrogen and oxygen atoms in total. The van der Waals surface area contributed by atoms with Gasteiger partial charge in [0.1, 0.15) is 6.54 Å². The molecule has 1 aliphatic rings. The molecule has 0 bridgehead atoms. The van der Waals surface area contributed by atoms with Crippen molar-refractivity contribution in [1.29, 1.82) is 0 Å². The molecule has 0 aromatic heterocycles. The van der Waals surface area contributed by atoms with Crippen molar-refractivity contribution in [3.05, 3.63) is 0 Å². The summed E-state index contributed by atoms with van der Waals surface area (Å²) in [7, 11) is 0. The van der Waals surface area contributed by atoms with Crippen LogP contribution in [0.25, 0.3) is 0 Å². The standard InChI is InChI=1S/C9H12F3NO3/c1-2-13(4-9(10,11)12)7(14)5-3-6(5)8(15)16/h5-6H,2-4H2,1H3,(H,15,16)/t5-,6+/m1/s1. The zero-order valence-electron chi connectivity index (χ0n) is 8.62. The quantitative estimate of drug-likeness (QED) is 0.799. The van der Waals surface area contributed by atoms with E-state index in [1.807, 2.05) is 0 Å². The Morgan fingerprint density at radius 3 is 2.25 bits per heavy atom. The third-order valence-electron chi connectivity index (χ3n) is 2.49. The van der Waals surface area contributed by atoms with E-state index in [0.717, 1.165) is 0 Å². The number of hydrogen-bond donors (Lipinski definition) is 1. The van der Waals surface area contributed by atoms with Crippen LogP contribution in [0.3, 0.4) is 0 Å². The molecule has 1 rings (SSSR count). The minimum absolute atomic E-state index is 0.0683. The van der Waals surface area contributed by atoms with Crippen molar-refractivity contribution in [2.45, 2.75) is 19.5 Å². The van der Waals surface area contributed by atoms with Gasteiger partial charge in [0.25, 0.3) is 0 Å². The topological polar surface area (TPSA) is 57.6 Å². The first kappa shape index (κ1) is 12.8. The summed E-state index contributed by atoms with van der Waals surface area (Å²) in [6, 6.07) is 0. The fraction of sp³-hybridized carbons (Fsp3) is 0.778. The number of aliphatic carboxylic acids is 1. The van der Waals surface area contributed by atoms with E-state index < -0.39 is 36.4 Å². The maximum Gasteiger partial charge on any atom is 0.406 e. The summed E-state index contributed by atoms with van der Waals surface area (Å²) in [5.41, 5.74) is 0. The minimum atomic E-state index is -4.45. The molecule has 0 radical (unpaired) electrons. The number of hydrogen-bond acceptors (Lipinski definition) is 2. The summed E-state index contributed by atoms with van der Waals surface area (Å²) < 4.78 is 36.2. The van der Waals surface area contributed by atoms with Gasteiger partial charge in [0.15, 0.2) is 0 Å². The van der Waals surface area contributed by atoms with Gasteiger partial charge in [-0.25, -0.2) is 0 Å². The van der Waals surface area contributed by atoms with Crippen LogP contribution in [-0.2, 0) is 9.59 Å². The molecule has 1 fully saturated rings. The van der Waals surface area contributed by atoms with Gasteiger partial charge in [-0.2, -0.15) is 13.2 Å². The van der Waals surface area contributed by atoms with Gasteiger partial charge in [0, 0.05) is 6.54 Å². The van der Waals surface area contributed by atoms with Crippen molar-refractivity contribution < 1.29 is 27.9 Å². The minimum Gasteiger partial charge on any atom is -0.481 e. The molecule has 2 atom stereocenters. The van der Waals surface area contributed by atoms with Gasteiger partial charge in [-0.15, -0.1) is 0 Å². The van der Waals surface area contributed by atoms with Gasteiger partial charge in [-0.05, 0) is 13.3 Å². The lowest BCUT2D eigenvalue weighted by molar-refractivity contribution is -0.162. The highest BCUT2D eigenvalue weighted by atomic mass is 19.4. The fourth-order valence-electron chi connectivity index (χ4n) is 1.54. The van der Waals surface area contributed by atoms with Crippen molar-refractivity contribution in [1.82, 2.24) is 4.90 Å². The Bertz CT molecular complexity index is 303. The Hall–Kier alpha value is -1.27. The molecule has 0 spiro atoms. The molecule has 1 aliphatic carbocycles. The van der Waals surface area contributed by atoms with E-state index in [4.69, 9.17) is 5.11 Å². The molecule has 1 N–H and O–H groups in total. The van der Waals surface area contributed by atoms with Crippen molar-refractivity contribution in [2.24, 2.45) is 11.8 Å². The first-order valence-corrected chi connectivity index (χ1v) is 4.84. The Morgan fingerprint density at radius 1 is 1.38 bits per heavy atom. The lowest BCUT2D eigenvalue weighted by Gasteiger charge is -2.22. The Morgan fingerprint density at radius 2 is 1.94 bits per heavy atom. The van der Waals surface area contributed by atoms with Crippen LogP contribution in [0.1, 0.15) is 13.3 Å². The van der Waals surface area contributed by atoms with Crippen LogP contribution in [0.15, 0.2) is 0 Å². The van der Waals surface area contributed by atoms with Crippen molar-refractivity contribution in [2.75, 3.05) is 13.1 Å². The third kappa shape index (κ3) is 3.11. The Kier molecular flexibility index (Phi) is 3.44. The predicted molar refractivity (Wildman–Crippen MR) is 47.5 cm³/mol. The van der Waals surface area contributed by atoms with Crippen LogP contribution in [0.2, 0.25) is 0 Å². The van der Waals surface area contributed by atoms with E-state index in [1.165, 1.54) is 6.92 Å². The van der Waals surface area contributed by atoms with E-state index >= 15 is 0 Å². The molecular formula is C9H12F3NO3. The fourth-order valence-corrected chi connectivity index (χ4v) is 1.54. The molecular weight excluding hydrogens is 227 g/mol. The van der Waals surface area contributed by atoms with E-state index in [-0.39, 0.29) is 13.0 Å². The predicted octanol–water partition coefficient (Wildman–Crippen LogP) is 1.12. The zero-order valence-corrected chi connectivity index (χ0v) is 8.62. The van der Waals surface area contributed by atoms with Gasteiger partial charge >= 0.3 is 12.1 Å². The Labute approximate surface area is 90.0 Å². The lowest BCUT2D eigenvalue weighted by atomic mass is 10.2. The van der Waals surface area contributed by atoms with Crippen molar-refractivity contribution in [3.8, 4) is 0 Å². The summed E-state index contributed by atoms with van der Waals surface area (Å²) in [5.74, 6) is -3.43. The van der Waals surface area contributed by atoms with Gasteiger partial charge in [0.2, 0.25) is 5.91 Å². The second-order valence-corrected chi connectivity index (χ2v) is 3.75. The van der Waals surface area contributed by atoms with Crippen molar-refractivity contribution in [3.63, 3.8) is 0 Å². The summed E-state index contributed by atoms with van der Waals surface area (Å²) in [6.07, 6.45) is -4.30. The average Bonchev–Trinajstić information content (AvgIpc) is 2.90. The van der Waals surface area contributed by atoms with Crippen LogP contribution < -0.4 is 0 Å². The first-order chi connectivity index (χ1) is 7.26. The van der Waals surface area contributed by atoms with Crippen LogP contribution in [-0.4, -0.2) is 41.1 Å². The summed E-state index contributed by atoms with van der Waals surface area (Å²) in [4.78, 5) is 22.6. The van der Waals surface area contributed by atoms with E-state index in [0.29, 0.717) is 4.90 Å². The number of amides is 1. The summed E-state index contributed by atoms with van der Waals surface area (Å²) >= 11 is 0. The largest absolute Gasteiger partial charge is 0.481 e. The van der Waals surface area contributed by atoms with Crippen LogP contribution in [0, 0.1) is 11.8 Å².